The third kappa shape index (κ3) is 6.43. The zero-order valence-corrected chi connectivity index (χ0v) is 20.1. The van der Waals surface area contributed by atoms with Gasteiger partial charge in [0.25, 0.3) is 0 Å². The lowest BCUT2D eigenvalue weighted by Crippen LogP contribution is -2.26. The van der Waals surface area contributed by atoms with E-state index in [2.05, 4.69) is 26.2 Å². The van der Waals surface area contributed by atoms with Crippen LogP contribution in [0.1, 0.15) is 66.2 Å². The molecule has 3 aliphatic heterocycles. The first-order valence-electron chi connectivity index (χ1n) is 12.0. The molecule has 1 N–H and O–H groups in total. The Bertz CT molecular complexity index is 766. The number of cyclic esters (lactones) is 1. The Kier molecular flexibility index (Phi) is 8.54. The minimum absolute atomic E-state index is 0.0646. The van der Waals surface area contributed by atoms with Crippen molar-refractivity contribution in [1.82, 2.24) is 0 Å². The molecule has 3 heterocycles. The van der Waals surface area contributed by atoms with Crippen LogP contribution in [0.4, 0.5) is 0 Å². The van der Waals surface area contributed by atoms with Crippen molar-refractivity contribution in [2.45, 2.75) is 103 Å². The summed E-state index contributed by atoms with van der Waals surface area (Å²) in [6.45, 7) is 16.4. The number of carbonyl (C=O) groups is 1. The number of carbonyl (C=O) groups excluding carboxylic acids is 1. The maximum absolute atomic E-state index is 12.8. The molecular weight excluding hydrogens is 404 g/mol. The fourth-order valence-electron chi connectivity index (χ4n) is 4.88. The molecule has 8 atom stereocenters. The Morgan fingerprint density at radius 1 is 1.16 bits per heavy atom. The Labute approximate surface area is 193 Å². The van der Waals surface area contributed by atoms with E-state index in [4.69, 9.17) is 14.2 Å². The molecule has 0 radical (unpaired) electrons. The van der Waals surface area contributed by atoms with Crippen molar-refractivity contribution in [2.24, 2.45) is 11.8 Å². The second-order valence-corrected chi connectivity index (χ2v) is 9.87. The van der Waals surface area contributed by atoms with Gasteiger partial charge in [0.15, 0.2) is 0 Å². The van der Waals surface area contributed by atoms with Crippen LogP contribution in [-0.4, -0.2) is 47.7 Å². The summed E-state index contributed by atoms with van der Waals surface area (Å²) in [6.07, 6.45) is 9.06. The van der Waals surface area contributed by atoms with E-state index in [0.29, 0.717) is 19.3 Å². The molecule has 178 valence electrons. The fraction of sp³-hybridized carbons (Fsp3) is 0.667. The molecule has 3 rings (SSSR count). The summed E-state index contributed by atoms with van der Waals surface area (Å²) in [5, 5.41) is 10.7. The molecule has 0 amide bonds. The fourth-order valence-corrected chi connectivity index (χ4v) is 4.88. The molecule has 0 saturated carbocycles. The zero-order valence-electron chi connectivity index (χ0n) is 20.1. The number of epoxide rings is 1. The molecule has 5 nitrogen and oxygen atoms in total. The lowest BCUT2D eigenvalue weighted by molar-refractivity contribution is -0.154. The minimum Gasteiger partial charge on any atom is -0.462 e. The van der Waals surface area contributed by atoms with Gasteiger partial charge in [-0.15, -0.1) is 0 Å². The van der Waals surface area contributed by atoms with Crippen molar-refractivity contribution < 1.29 is 24.1 Å². The monoisotopic (exact) mass is 444 g/mol. The van der Waals surface area contributed by atoms with Crippen molar-refractivity contribution >= 4 is 5.97 Å². The van der Waals surface area contributed by atoms with E-state index in [1.165, 1.54) is 0 Å². The molecule has 0 aliphatic carbocycles. The van der Waals surface area contributed by atoms with E-state index in [-0.39, 0.29) is 48.3 Å². The van der Waals surface area contributed by atoms with E-state index in [1.54, 1.807) is 0 Å². The Balaban J connectivity index is 1.77. The quantitative estimate of drug-likeness (QED) is 0.366. The third-order valence-electron chi connectivity index (χ3n) is 6.91. The molecule has 0 aromatic carbocycles. The van der Waals surface area contributed by atoms with Gasteiger partial charge in [0, 0.05) is 12.8 Å². The van der Waals surface area contributed by atoms with E-state index in [1.807, 2.05) is 32.9 Å². The van der Waals surface area contributed by atoms with Crippen LogP contribution in [0.5, 0.6) is 0 Å². The van der Waals surface area contributed by atoms with Gasteiger partial charge < -0.3 is 19.3 Å². The first kappa shape index (κ1) is 24.9. The van der Waals surface area contributed by atoms with Crippen LogP contribution in [-0.2, 0) is 19.0 Å². The highest BCUT2D eigenvalue weighted by Gasteiger charge is 2.52. The van der Waals surface area contributed by atoms with Gasteiger partial charge in [0.2, 0.25) is 0 Å². The molecule has 2 fully saturated rings. The molecule has 0 aromatic heterocycles. The molecule has 2 saturated heterocycles. The number of hydrogen-bond donors (Lipinski definition) is 1. The molecule has 0 spiro atoms. The van der Waals surface area contributed by atoms with Gasteiger partial charge in [-0.1, -0.05) is 50.8 Å². The maximum atomic E-state index is 12.8. The van der Waals surface area contributed by atoms with Gasteiger partial charge in [-0.25, -0.2) is 0 Å². The third-order valence-corrected chi connectivity index (χ3v) is 6.91. The number of aliphatic hydroxyl groups is 1. The predicted molar refractivity (Wildman–Crippen MR) is 126 cm³/mol. The Hall–Kier alpha value is -1.69. The Morgan fingerprint density at radius 2 is 1.91 bits per heavy atom. The highest BCUT2D eigenvalue weighted by Crippen LogP contribution is 2.40. The average molecular weight is 445 g/mol. The second-order valence-electron chi connectivity index (χ2n) is 9.87. The highest BCUT2D eigenvalue weighted by molar-refractivity contribution is 5.72. The first-order chi connectivity index (χ1) is 15.2. The number of hydrogen-bond acceptors (Lipinski definition) is 5. The highest BCUT2D eigenvalue weighted by atomic mass is 16.6. The minimum atomic E-state index is -0.597. The van der Waals surface area contributed by atoms with Crippen LogP contribution in [0.25, 0.3) is 0 Å². The van der Waals surface area contributed by atoms with E-state index < -0.39 is 6.10 Å². The van der Waals surface area contributed by atoms with Crippen molar-refractivity contribution in [3.8, 4) is 0 Å². The Morgan fingerprint density at radius 3 is 2.62 bits per heavy atom. The van der Waals surface area contributed by atoms with Gasteiger partial charge in [-0.3, -0.25) is 4.79 Å². The predicted octanol–water partition coefficient (Wildman–Crippen LogP) is 5.06. The summed E-state index contributed by atoms with van der Waals surface area (Å²) in [4.78, 5) is 12.8. The zero-order chi connectivity index (χ0) is 23.4. The van der Waals surface area contributed by atoms with Gasteiger partial charge in [0.05, 0.1) is 24.2 Å². The normalized spacial score (nSPS) is 41.4. The molecule has 3 aliphatic rings. The number of allylic oxidation sites excluding steroid dienone is 3. The molecule has 2 bridgehead atoms. The number of esters is 1. The summed E-state index contributed by atoms with van der Waals surface area (Å²) in [5.41, 5.74) is 3.00. The molecule has 32 heavy (non-hydrogen) atoms. The summed E-state index contributed by atoms with van der Waals surface area (Å²) in [5.74, 6) is -0.134. The van der Waals surface area contributed by atoms with E-state index in [9.17, 15) is 9.90 Å². The largest absolute Gasteiger partial charge is 0.462 e. The molecule has 0 aromatic rings. The molecule has 0 unspecified atom stereocenters. The number of fused-ring (bicyclic) bond motifs is 4. The summed E-state index contributed by atoms with van der Waals surface area (Å²) >= 11 is 0. The maximum Gasteiger partial charge on any atom is 0.308 e. The lowest BCUT2D eigenvalue weighted by Gasteiger charge is -2.22. The SMILES string of the molecule is C=C1C[C@@H](O)[C@@H]2O[C@H]2[C@@H]2CC(=C)[C@H](CC[C@@H](C/C=C/C)OC(=O)[C@@H](C)C[C@H](C)/C=C/1C)O2. The van der Waals surface area contributed by atoms with E-state index >= 15 is 0 Å². The molecule has 5 heteroatoms. The first-order valence-corrected chi connectivity index (χ1v) is 12.0. The van der Waals surface area contributed by atoms with Gasteiger partial charge >= 0.3 is 5.97 Å². The van der Waals surface area contributed by atoms with Crippen LogP contribution in [0.15, 0.2) is 48.1 Å². The van der Waals surface area contributed by atoms with Crippen molar-refractivity contribution in [1.29, 1.82) is 0 Å². The number of aliphatic hydroxyl groups excluding tert-OH is 1. The standard InChI is InChI=1S/C27H40O5/c1-7-8-9-21-10-11-23-19(5)15-24(31-23)26-25(32-26)22(28)14-18(4)17(3)12-16(2)13-20(6)27(29)30-21/h7-8,12,16,20-26,28H,4-5,9-11,13-15H2,1-3,6H3/b8-7+,17-12+/t16-,20+,21-,22-,23+,24+,25+,26+/m1/s1. The van der Waals surface area contributed by atoms with Crippen molar-refractivity contribution in [3.63, 3.8) is 0 Å². The van der Waals surface area contributed by atoms with Crippen LogP contribution in [0.2, 0.25) is 0 Å². The van der Waals surface area contributed by atoms with Gasteiger partial charge in [0.1, 0.15) is 18.3 Å². The molecular formula is C27H40O5. The lowest BCUT2D eigenvalue weighted by atomic mass is 9.92. The summed E-state index contributed by atoms with van der Waals surface area (Å²) < 4.78 is 18.0. The van der Waals surface area contributed by atoms with Gasteiger partial charge in [-0.2, -0.15) is 0 Å². The van der Waals surface area contributed by atoms with Crippen LogP contribution in [0.3, 0.4) is 0 Å². The number of ether oxygens (including phenoxy) is 3. The van der Waals surface area contributed by atoms with Crippen molar-refractivity contribution in [2.75, 3.05) is 0 Å². The average Bonchev–Trinajstić information content (AvgIpc) is 3.45. The summed E-state index contributed by atoms with van der Waals surface area (Å²) in [6, 6.07) is 0. The van der Waals surface area contributed by atoms with Crippen LogP contribution >= 0.6 is 0 Å². The smallest absolute Gasteiger partial charge is 0.308 e. The van der Waals surface area contributed by atoms with Crippen molar-refractivity contribution in [3.05, 3.63) is 48.1 Å². The number of rotatable bonds is 2. The van der Waals surface area contributed by atoms with Gasteiger partial charge in [-0.05, 0) is 56.6 Å². The van der Waals surface area contributed by atoms with E-state index in [0.717, 1.165) is 36.0 Å². The topological polar surface area (TPSA) is 68.3 Å². The van der Waals surface area contributed by atoms with Crippen LogP contribution in [0, 0.1) is 11.8 Å². The van der Waals surface area contributed by atoms with Crippen LogP contribution < -0.4 is 0 Å². The second kappa shape index (κ2) is 11.0. The summed E-state index contributed by atoms with van der Waals surface area (Å²) in [7, 11) is 0.